The lowest BCUT2D eigenvalue weighted by molar-refractivity contribution is -0.160. The topological polar surface area (TPSA) is 72.6 Å². The van der Waals surface area contributed by atoms with Gasteiger partial charge in [-0.2, -0.15) is 0 Å². The molecule has 1 aromatic rings. The fourth-order valence-electron chi connectivity index (χ4n) is 2.20. The Balaban J connectivity index is 2.12. The standard InChI is InChI=1S/C14H16ClFN2O3/c1-14(13(17)20)8-18(5-6-21-14)12(19)7-9-10(15)3-2-4-11(9)16/h2-4H,5-8H2,1H3,(H2,17,20). The van der Waals surface area contributed by atoms with Crippen LogP contribution in [0.4, 0.5) is 4.39 Å². The Kier molecular flexibility index (Phi) is 4.49. The first-order valence-corrected chi connectivity index (χ1v) is 6.86. The van der Waals surface area contributed by atoms with Crippen LogP contribution in [0.25, 0.3) is 0 Å². The molecule has 5 nitrogen and oxygen atoms in total. The Hall–Kier alpha value is -1.66. The molecule has 1 unspecified atom stereocenters. The Labute approximate surface area is 126 Å². The molecule has 114 valence electrons. The first-order chi connectivity index (χ1) is 9.83. The largest absolute Gasteiger partial charge is 0.367 e. The van der Waals surface area contributed by atoms with Crippen LogP contribution in [-0.2, 0) is 20.7 Å². The zero-order valence-electron chi connectivity index (χ0n) is 11.6. The predicted octanol–water partition coefficient (Wildman–Crippen LogP) is 1.12. The number of nitrogens with two attached hydrogens (primary N) is 1. The van der Waals surface area contributed by atoms with Gasteiger partial charge in [-0.3, -0.25) is 9.59 Å². The second-order valence-electron chi connectivity index (χ2n) is 5.14. The first kappa shape index (κ1) is 15.7. The molecule has 0 bridgehead atoms. The second kappa shape index (κ2) is 5.99. The van der Waals surface area contributed by atoms with Gasteiger partial charge in [0.15, 0.2) is 5.60 Å². The minimum Gasteiger partial charge on any atom is -0.367 e. The highest BCUT2D eigenvalue weighted by molar-refractivity contribution is 6.31. The van der Waals surface area contributed by atoms with Crippen molar-refractivity contribution in [1.29, 1.82) is 0 Å². The van der Waals surface area contributed by atoms with Crippen LogP contribution >= 0.6 is 11.6 Å². The third-order valence-electron chi connectivity index (χ3n) is 3.54. The van der Waals surface area contributed by atoms with E-state index < -0.39 is 17.3 Å². The summed E-state index contributed by atoms with van der Waals surface area (Å²) < 4.78 is 19.0. The van der Waals surface area contributed by atoms with Crippen molar-refractivity contribution >= 4 is 23.4 Å². The van der Waals surface area contributed by atoms with Crippen LogP contribution < -0.4 is 5.73 Å². The van der Waals surface area contributed by atoms with E-state index in [9.17, 15) is 14.0 Å². The number of carbonyl (C=O) groups is 2. The molecular formula is C14H16ClFN2O3. The van der Waals surface area contributed by atoms with Gasteiger partial charge in [0.05, 0.1) is 19.6 Å². The van der Waals surface area contributed by atoms with Crippen LogP contribution in [0, 0.1) is 5.82 Å². The van der Waals surface area contributed by atoms with Crippen molar-refractivity contribution < 1.29 is 18.7 Å². The van der Waals surface area contributed by atoms with Gasteiger partial charge in [-0.05, 0) is 19.1 Å². The number of benzene rings is 1. The molecule has 0 aromatic heterocycles. The monoisotopic (exact) mass is 314 g/mol. The summed E-state index contributed by atoms with van der Waals surface area (Å²) in [4.78, 5) is 25.1. The van der Waals surface area contributed by atoms with E-state index in [1.165, 1.54) is 30.0 Å². The molecule has 1 fully saturated rings. The maximum absolute atomic E-state index is 13.7. The maximum Gasteiger partial charge on any atom is 0.251 e. The normalized spacial score (nSPS) is 22.1. The molecule has 2 N–H and O–H groups in total. The summed E-state index contributed by atoms with van der Waals surface area (Å²) in [6.07, 6.45) is -0.166. The third-order valence-corrected chi connectivity index (χ3v) is 3.89. The molecule has 0 radical (unpaired) electrons. The van der Waals surface area contributed by atoms with Crippen LogP contribution in [0.15, 0.2) is 18.2 Å². The second-order valence-corrected chi connectivity index (χ2v) is 5.54. The summed E-state index contributed by atoms with van der Waals surface area (Å²) in [5.41, 5.74) is 4.22. The number of hydrogen-bond acceptors (Lipinski definition) is 3. The number of primary amides is 1. The van der Waals surface area contributed by atoms with Crippen molar-refractivity contribution in [2.75, 3.05) is 19.7 Å². The Morgan fingerprint density at radius 3 is 2.86 bits per heavy atom. The Morgan fingerprint density at radius 1 is 1.52 bits per heavy atom. The van der Waals surface area contributed by atoms with Gasteiger partial charge >= 0.3 is 0 Å². The fourth-order valence-corrected chi connectivity index (χ4v) is 2.43. The summed E-state index contributed by atoms with van der Waals surface area (Å²) in [7, 11) is 0. The van der Waals surface area contributed by atoms with E-state index in [0.717, 1.165) is 0 Å². The van der Waals surface area contributed by atoms with Gasteiger partial charge in [-0.1, -0.05) is 17.7 Å². The number of carbonyl (C=O) groups excluding carboxylic acids is 2. The molecule has 1 aromatic carbocycles. The molecule has 1 heterocycles. The average molecular weight is 315 g/mol. The highest BCUT2D eigenvalue weighted by Gasteiger charge is 2.39. The van der Waals surface area contributed by atoms with Gasteiger partial charge < -0.3 is 15.4 Å². The molecule has 0 aliphatic carbocycles. The van der Waals surface area contributed by atoms with E-state index >= 15 is 0 Å². The molecule has 21 heavy (non-hydrogen) atoms. The van der Waals surface area contributed by atoms with Crippen LogP contribution in [0.3, 0.4) is 0 Å². The summed E-state index contributed by atoms with van der Waals surface area (Å²) in [5, 5.41) is 0.203. The molecule has 7 heteroatoms. The summed E-state index contributed by atoms with van der Waals surface area (Å²) in [6.45, 7) is 2.11. The molecule has 1 atom stereocenters. The number of nitrogens with zero attached hydrogens (tertiary/aromatic N) is 1. The van der Waals surface area contributed by atoms with Gasteiger partial charge in [-0.15, -0.1) is 0 Å². The van der Waals surface area contributed by atoms with E-state index in [-0.39, 0.29) is 36.1 Å². The van der Waals surface area contributed by atoms with E-state index in [1.54, 1.807) is 0 Å². The third kappa shape index (κ3) is 3.33. The average Bonchev–Trinajstić information content (AvgIpc) is 2.43. The minimum atomic E-state index is -1.22. The molecular weight excluding hydrogens is 299 g/mol. The van der Waals surface area contributed by atoms with Crippen molar-refractivity contribution in [1.82, 2.24) is 4.90 Å². The lowest BCUT2D eigenvalue weighted by Gasteiger charge is -2.38. The van der Waals surface area contributed by atoms with Crippen LogP contribution in [0.5, 0.6) is 0 Å². The zero-order valence-corrected chi connectivity index (χ0v) is 12.3. The van der Waals surface area contributed by atoms with E-state index in [1.807, 2.05) is 0 Å². The smallest absolute Gasteiger partial charge is 0.251 e. The van der Waals surface area contributed by atoms with Gasteiger partial charge in [0.25, 0.3) is 5.91 Å². The minimum absolute atomic E-state index is 0.0488. The molecule has 0 saturated carbocycles. The Morgan fingerprint density at radius 2 is 2.24 bits per heavy atom. The lowest BCUT2D eigenvalue weighted by atomic mass is 10.0. The molecule has 2 amide bonds. The molecule has 1 aliphatic heterocycles. The number of ether oxygens (including phenoxy) is 1. The van der Waals surface area contributed by atoms with Crippen molar-refractivity contribution in [3.8, 4) is 0 Å². The van der Waals surface area contributed by atoms with Gasteiger partial charge in [-0.25, -0.2) is 4.39 Å². The highest BCUT2D eigenvalue weighted by atomic mass is 35.5. The summed E-state index contributed by atoms with van der Waals surface area (Å²) in [5.74, 6) is -1.48. The van der Waals surface area contributed by atoms with Crippen LogP contribution in [-0.4, -0.2) is 42.0 Å². The molecule has 2 rings (SSSR count). The lowest BCUT2D eigenvalue weighted by Crippen LogP contribution is -2.58. The number of halogens is 2. The molecule has 1 aliphatic rings. The SMILES string of the molecule is CC1(C(N)=O)CN(C(=O)Cc2c(F)cccc2Cl)CCO1. The number of hydrogen-bond donors (Lipinski definition) is 1. The van der Waals surface area contributed by atoms with Gasteiger partial charge in [0.2, 0.25) is 5.91 Å². The fraction of sp³-hybridized carbons (Fsp3) is 0.429. The highest BCUT2D eigenvalue weighted by Crippen LogP contribution is 2.22. The predicted molar refractivity (Wildman–Crippen MR) is 75.2 cm³/mol. The van der Waals surface area contributed by atoms with E-state index in [2.05, 4.69) is 0 Å². The first-order valence-electron chi connectivity index (χ1n) is 6.48. The number of rotatable bonds is 3. The van der Waals surface area contributed by atoms with Crippen LogP contribution in [0.1, 0.15) is 12.5 Å². The summed E-state index contributed by atoms with van der Waals surface area (Å²) in [6, 6.07) is 4.26. The Bertz CT molecular complexity index is 561. The van der Waals surface area contributed by atoms with Crippen LogP contribution in [0.2, 0.25) is 5.02 Å². The van der Waals surface area contributed by atoms with Crippen molar-refractivity contribution in [3.63, 3.8) is 0 Å². The van der Waals surface area contributed by atoms with Crippen molar-refractivity contribution in [2.45, 2.75) is 18.9 Å². The summed E-state index contributed by atoms with van der Waals surface area (Å²) >= 11 is 5.91. The molecule has 1 saturated heterocycles. The zero-order chi connectivity index (χ0) is 15.6. The van der Waals surface area contributed by atoms with Gasteiger partial charge in [0, 0.05) is 17.1 Å². The number of amides is 2. The van der Waals surface area contributed by atoms with Crippen molar-refractivity contribution in [3.05, 3.63) is 34.6 Å². The van der Waals surface area contributed by atoms with E-state index in [0.29, 0.717) is 6.54 Å². The maximum atomic E-state index is 13.7. The quantitative estimate of drug-likeness (QED) is 0.909. The van der Waals surface area contributed by atoms with Gasteiger partial charge in [0.1, 0.15) is 5.82 Å². The van der Waals surface area contributed by atoms with Crippen molar-refractivity contribution in [2.24, 2.45) is 5.73 Å². The molecule has 0 spiro atoms. The van der Waals surface area contributed by atoms with E-state index in [4.69, 9.17) is 22.1 Å². The number of morpholine rings is 1.